The molecule has 1 aliphatic heterocycles. The van der Waals surface area contributed by atoms with Gasteiger partial charge in [0.15, 0.2) is 6.10 Å². The van der Waals surface area contributed by atoms with Gasteiger partial charge in [0.05, 0.1) is 6.17 Å². The van der Waals surface area contributed by atoms with Gasteiger partial charge in [-0.2, -0.15) is 0 Å². The highest BCUT2D eigenvalue weighted by molar-refractivity contribution is 5.89. The van der Waals surface area contributed by atoms with Crippen molar-refractivity contribution in [2.75, 3.05) is 0 Å². The summed E-state index contributed by atoms with van der Waals surface area (Å²) < 4.78 is 5.74. The zero-order valence-corrected chi connectivity index (χ0v) is 18.4. The van der Waals surface area contributed by atoms with E-state index in [-0.39, 0.29) is 43.3 Å². The van der Waals surface area contributed by atoms with Crippen LogP contribution in [0, 0.1) is 0 Å². The van der Waals surface area contributed by atoms with Crippen LogP contribution in [0.25, 0.3) is 0 Å². The Bertz CT molecular complexity index is 555. The van der Waals surface area contributed by atoms with Crippen molar-refractivity contribution < 1.29 is 4.74 Å². The number of halogens is 3. The van der Waals surface area contributed by atoms with Gasteiger partial charge in [-0.05, 0) is 44.9 Å². The van der Waals surface area contributed by atoms with Crippen molar-refractivity contribution in [3.05, 3.63) is 23.8 Å². The molecule has 2 unspecified atom stereocenters. The smallest absolute Gasteiger partial charge is 0.153 e. The largest absolute Gasteiger partial charge is 0.481 e. The normalized spacial score (nSPS) is 16.2. The Labute approximate surface area is 176 Å². The Hall–Kier alpha value is -0.720. The summed E-state index contributed by atoms with van der Waals surface area (Å²) in [6.07, 6.45) is 3.73. The molecule has 5 nitrogen and oxygen atoms in total. The van der Waals surface area contributed by atoms with E-state index in [0.29, 0.717) is 18.0 Å². The van der Waals surface area contributed by atoms with E-state index in [9.17, 15) is 0 Å². The highest BCUT2D eigenvalue weighted by atomic mass is 35.5. The van der Waals surface area contributed by atoms with Gasteiger partial charge in [0.25, 0.3) is 0 Å². The van der Waals surface area contributed by atoms with Crippen molar-refractivity contribution in [3.8, 4) is 5.75 Å². The Kier molecular flexibility index (Phi) is 14.2. The molecule has 26 heavy (non-hydrogen) atoms. The predicted octanol–water partition coefficient (Wildman–Crippen LogP) is 4.33. The first-order chi connectivity index (χ1) is 11.0. The second-order valence-corrected chi connectivity index (χ2v) is 6.50. The maximum Gasteiger partial charge on any atom is 0.153 e. The highest BCUT2D eigenvalue weighted by Gasteiger charge is 2.18. The molecule has 0 aromatic heterocycles. The van der Waals surface area contributed by atoms with E-state index >= 15 is 0 Å². The van der Waals surface area contributed by atoms with E-state index in [1.54, 1.807) is 0 Å². The van der Waals surface area contributed by atoms with Gasteiger partial charge in [-0.3, -0.25) is 10.6 Å². The molecule has 0 amide bonds. The molecule has 1 aliphatic rings. The molecule has 152 valence electrons. The Balaban J connectivity index is 0. The predicted molar refractivity (Wildman–Crippen MR) is 118 cm³/mol. The van der Waals surface area contributed by atoms with E-state index in [0.717, 1.165) is 24.4 Å². The molecule has 0 radical (unpaired) electrons. The van der Waals surface area contributed by atoms with Crippen molar-refractivity contribution >= 4 is 48.7 Å². The summed E-state index contributed by atoms with van der Waals surface area (Å²) in [4.78, 5) is 4.44. The van der Waals surface area contributed by atoms with Crippen molar-refractivity contribution in [3.63, 3.8) is 0 Å². The number of nitrogens with two attached hydrogens (primary N) is 1. The second-order valence-electron chi connectivity index (χ2n) is 6.50. The van der Waals surface area contributed by atoms with Crippen LogP contribution in [0.3, 0.4) is 0 Å². The molecule has 0 fully saturated rings. The van der Waals surface area contributed by atoms with Crippen molar-refractivity contribution in [1.29, 1.82) is 0 Å². The first kappa shape index (κ1) is 27.5. The number of hydrogen-bond donors (Lipinski definition) is 3. The van der Waals surface area contributed by atoms with Gasteiger partial charge in [-0.25, -0.2) is 4.99 Å². The minimum Gasteiger partial charge on any atom is -0.481 e. The number of benzene rings is 1. The molecule has 4 N–H and O–H groups in total. The van der Waals surface area contributed by atoms with Gasteiger partial charge >= 0.3 is 0 Å². The topological polar surface area (TPSA) is 71.7 Å². The van der Waals surface area contributed by atoms with Gasteiger partial charge in [0, 0.05) is 12.6 Å². The van der Waals surface area contributed by atoms with E-state index in [1.807, 2.05) is 19.1 Å². The fourth-order valence-corrected chi connectivity index (χ4v) is 2.64. The number of aliphatic imine (C=N–C) groups is 1. The van der Waals surface area contributed by atoms with Crippen molar-refractivity contribution in [1.82, 2.24) is 10.6 Å². The monoisotopic (exact) mass is 426 g/mol. The number of fused-ring (bicyclic) bond motifs is 1. The van der Waals surface area contributed by atoms with Crippen molar-refractivity contribution in [2.24, 2.45) is 10.7 Å². The van der Waals surface area contributed by atoms with Crippen LogP contribution in [0.1, 0.15) is 52.5 Å². The average molecular weight is 428 g/mol. The molecule has 0 saturated carbocycles. The molecule has 0 bridgehead atoms. The fraction of sp³-hybridized carbons (Fsp3) is 0.611. The number of nitrogens with zero attached hydrogens (tertiary/aromatic N) is 1. The Morgan fingerprint density at radius 2 is 1.92 bits per heavy atom. The number of amidine groups is 1. The zero-order chi connectivity index (χ0) is 16.8. The van der Waals surface area contributed by atoms with E-state index < -0.39 is 0 Å². The molecule has 1 aromatic rings. The summed E-state index contributed by atoms with van der Waals surface area (Å²) >= 11 is 0. The molecule has 2 atom stereocenters. The third-order valence-corrected chi connectivity index (χ3v) is 3.93. The van der Waals surface area contributed by atoms with Gasteiger partial charge < -0.3 is 10.5 Å². The molecule has 1 aromatic carbocycles. The van der Waals surface area contributed by atoms with Crippen LogP contribution in [0.2, 0.25) is 0 Å². The molecule has 1 heterocycles. The van der Waals surface area contributed by atoms with Crippen LogP contribution in [0.5, 0.6) is 5.75 Å². The lowest BCUT2D eigenvalue weighted by molar-refractivity contribution is 0.281. The van der Waals surface area contributed by atoms with Crippen LogP contribution >= 0.6 is 37.2 Å². The standard InChI is InChI=1S/C18H30N4O.3ClH/c1-5-6-7-17(21-12(2)3)20-11-14-8-9-16-15(10-14)22-18(19)13(4)23-16;;;/h8-10,12-13,17,20-21H,5-7,11H2,1-4H3,(H2,19,22);3*1H. The summed E-state index contributed by atoms with van der Waals surface area (Å²) in [5.41, 5.74) is 7.88. The first-order valence-corrected chi connectivity index (χ1v) is 8.62. The van der Waals surface area contributed by atoms with Gasteiger partial charge in [0.2, 0.25) is 0 Å². The molecule has 2 rings (SSSR count). The number of rotatable bonds is 8. The summed E-state index contributed by atoms with van der Waals surface area (Å²) in [6, 6.07) is 6.58. The maximum absolute atomic E-state index is 5.87. The zero-order valence-electron chi connectivity index (χ0n) is 16.0. The minimum atomic E-state index is -0.153. The van der Waals surface area contributed by atoms with Gasteiger partial charge in [0.1, 0.15) is 17.3 Å². The number of hydrogen-bond acceptors (Lipinski definition) is 5. The summed E-state index contributed by atoms with van der Waals surface area (Å²) in [7, 11) is 0. The summed E-state index contributed by atoms with van der Waals surface area (Å²) in [5, 5.41) is 7.17. The minimum absolute atomic E-state index is 0. The number of nitrogens with one attached hydrogen (secondary N) is 2. The summed E-state index contributed by atoms with van der Waals surface area (Å²) in [5.74, 6) is 1.34. The third-order valence-electron chi connectivity index (χ3n) is 3.93. The van der Waals surface area contributed by atoms with E-state index in [2.05, 4.69) is 42.5 Å². The van der Waals surface area contributed by atoms with Crippen molar-refractivity contribution in [2.45, 2.75) is 71.8 Å². The van der Waals surface area contributed by atoms with E-state index in [1.165, 1.54) is 18.4 Å². The average Bonchev–Trinajstić information content (AvgIpc) is 2.50. The van der Waals surface area contributed by atoms with Gasteiger partial charge in [-0.1, -0.05) is 25.8 Å². The molecule has 0 spiro atoms. The Morgan fingerprint density at radius 3 is 2.54 bits per heavy atom. The fourth-order valence-electron chi connectivity index (χ4n) is 2.64. The second kappa shape index (κ2) is 13.4. The molecular formula is C18H33Cl3N4O. The third kappa shape index (κ3) is 8.31. The summed E-state index contributed by atoms with van der Waals surface area (Å²) in [6.45, 7) is 9.28. The first-order valence-electron chi connectivity index (χ1n) is 8.62. The lowest BCUT2D eigenvalue weighted by atomic mass is 10.1. The molecule has 0 saturated heterocycles. The Morgan fingerprint density at radius 1 is 1.23 bits per heavy atom. The van der Waals surface area contributed by atoms with Crippen LogP contribution in [-0.2, 0) is 6.54 Å². The van der Waals surface area contributed by atoms with Crippen LogP contribution in [-0.4, -0.2) is 24.1 Å². The van der Waals surface area contributed by atoms with Gasteiger partial charge in [-0.15, -0.1) is 37.2 Å². The van der Waals surface area contributed by atoms with Crippen LogP contribution in [0.15, 0.2) is 23.2 Å². The maximum atomic E-state index is 5.87. The quantitative estimate of drug-likeness (QED) is 0.540. The highest BCUT2D eigenvalue weighted by Crippen LogP contribution is 2.32. The number of ether oxygens (including phenoxy) is 1. The molecule has 0 aliphatic carbocycles. The lowest BCUT2D eigenvalue weighted by Crippen LogP contribution is -2.45. The number of unbranched alkanes of at least 4 members (excludes halogenated alkanes) is 1. The van der Waals surface area contributed by atoms with Crippen LogP contribution < -0.4 is 21.1 Å². The lowest BCUT2D eigenvalue weighted by Gasteiger charge is -2.24. The SMILES string of the molecule is CCCCC(NCc1ccc2c(c1)N=C(N)C(C)O2)NC(C)C.Cl.Cl.Cl. The molecule has 8 heteroatoms. The van der Waals surface area contributed by atoms with E-state index in [4.69, 9.17) is 10.5 Å². The molecular weight excluding hydrogens is 395 g/mol. The van der Waals surface area contributed by atoms with Crippen LogP contribution in [0.4, 0.5) is 5.69 Å².